The molecule has 0 aliphatic heterocycles. The van der Waals surface area contributed by atoms with Gasteiger partial charge in [0.15, 0.2) is 0 Å². The largest absolute Gasteiger partial charge is 0.350 e. The highest BCUT2D eigenvalue weighted by Crippen LogP contribution is 2.44. The van der Waals surface area contributed by atoms with Crippen LogP contribution in [-0.4, -0.2) is 17.1 Å². The van der Waals surface area contributed by atoms with Gasteiger partial charge in [-0.3, -0.25) is 0 Å². The van der Waals surface area contributed by atoms with E-state index in [9.17, 15) is 4.79 Å². The first-order chi connectivity index (χ1) is 13.5. The molecule has 4 nitrogen and oxygen atoms in total. The zero-order chi connectivity index (χ0) is 19.7. The molecule has 0 atom stereocenters. The van der Waals surface area contributed by atoms with Gasteiger partial charge in [0.25, 0.3) is 0 Å². The second-order valence-corrected chi connectivity index (χ2v) is 8.38. The molecule has 2 N–H and O–H groups in total. The van der Waals surface area contributed by atoms with E-state index in [0.29, 0.717) is 22.3 Å². The predicted octanol–water partition coefficient (Wildman–Crippen LogP) is 6.12. The van der Waals surface area contributed by atoms with Crippen molar-refractivity contribution in [2.45, 2.75) is 31.1 Å². The van der Waals surface area contributed by atoms with Crippen molar-refractivity contribution in [3.8, 4) is 0 Å². The van der Waals surface area contributed by atoms with E-state index in [2.05, 4.69) is 52.7 Å². The van der Waals surface area contributed by atoms with Crippen LogP contribution in [0.15, 0.2) is 48.7 Å². The van der Waals surface area contributed by atoms with Gasteiger partial charge in [-0.15, -0.1) is 0 Å². The lowest BCUT2D eigenvalue weighted by Gasteiger charge is -2.29. The van der Waals surface area contributed by atoms with Crippen molar-refractivity contribution in [3.63, 3.8) is 0 Å². The Morgan fingerprint density at radius 1 is 1.07 bits per heavy atom. The second-order valence-electron chi connectivity index (χ2n) is 7.56. The summed E-state index contributed by atoms with van der Waals surface area (Å²) in [5.41, 5.74) is 2.92. The first-order valence-electron chi connectivity index (χ1n) is 9.54. The Kier molecular flexibility index (Phi) is 5.26. The number of para-hydroxylation sites is 2. The molecule has 0 bridgehead atoms. The third-order valence-electron chi connectivity index (χ3n) is 5.82. The first kappa shape index (κ1) is 19.2. The molecule has 2 aromatic carbocycles. The van der Waals surface area contributed by atoms with Crippen LogP contribution in [0.1, 0.15) is 31.2 Å². The number of amides is 2. The fourth-order valence-electron chi connectivity index (χ4n) is 4.38. The number of carbonyl (C=O) groups is 1. The fourth-order valence-corrected chi connectivity index (χ4v) is 4.87. The Morgan fingerprint density at radius 3 is 2.46 bits per heavy atom. The molecule has 1 aliphatic rings. The van der Waals surface area contributed by atoms with Crippen molar-refractivity contribution in [2.24, 2.45) is 7.05 Å². The van der Waals surface area contributed by atoms with Gasteiger partial charge in [-0.05, 0) is 36.6 Å². The number of halogens is 2. The fraction of sp³-hybridized carbons (Fsp3) is 0.318. The third-order valence-corrected chi connectivity index (χ3v) is 6.45. The predicted molar refractivity (Wildman–Crippen MR) is 117 cm³/mol. The number of aromatic nitrogens is 1. The number of benzene rings is 2. The Labute approximate surface area is 174 Å². The summed E-state index contributed by atoms with van der Waals surface area (Å²) in [5.74, 6) is 0. The topological polar surface area (TPSA) is 46.1 Å². The van der Waals surface area contributed by atoms with Gasteiger partial charge in [0.1, 0.15) is 0 Å². The number of hydrogen-bond donors (Lipinski definition) is 2. The van der Waals surface area contributed by atoms with Crippen molar-refractivity contribution in [2.75, 3.05) is 11.9 Å². The van der Waals surface area contributed by atoms with Crippen molar-refractivity contribution in [1.29, 1.82) is 0 Å². The number of nitrogens with one attached hydrogen (secondary N) is 2. The van der Waals surface area contributed by atoms with Crippen LogP contribution in [0, 0.1) is 0 Å². The van der Waals surface area contributed by atoms with Gasteiger partial charge in [0.2, 0.25) is 0 Å². The molecule has 0 spiro atoms. The molecule has 0 unspecified atom stereocenters. The number of nitrogens with zero attached hydrogens (tertiary/aromatic N) is 1. The molecule has 0 radical (unpaired) electrons. The summed E-state index contributed by atoms with van der Waals surface area (Å²) >= 11 is 12.3. The minimum Gasteiger partial charge on any atom is -0.350 e. The van der Waals surface area contributed by atoms with Gasteiger partial charge in [0, 0.05) is 36.1 Å². The normalized spacial score (nSPS) is 15.7. The monoisotopic (exact) mass is 415 g/mol. The number of fused-ring (bicyclic) bond motifs is 1. The molecule has 146 valence electrons. The van der Waals surface area contributed by atoms with E-state index in [1.807, 2.05) is 0 Å². The number of carbonyl (C=O) groups excluding carboxylic acids is 1. The highest BCUT2D eigenvalue weighted by molar-refractivity contribution is 6.39. The first-order valence-corrected chi connectivity index (χ1v) is 10.3. The molecule has 1 heterocycles. The van der Waals surface area contributed by atoms with Gasteiger partial charge in [-0.2, -0.15) is 0 Å². The standard InChI is InChI=1S/C22H23Cl2N3O/c1-27-13-16(15-7-2-3-10-19(15)27)22(11-4-5-12-22)14-25-21(28)26-20-17(23)8-6-9-18(20)24/h2-3,6-10,13H,4-5,11-12,14H2,1H3,(H2,25,26,28). The van der Waals surface area contributed by atoms with Crippen LogP contribution in [0.3, 0.4) is 0 Å². The molecule has 6 heteroatoms. The van der Waals surface area contributed by atoms with Gasteiger partial charge in [-0.1, -0.05) is 60.3 Å². The molecule has 28 heavy (non-hydrogen) atoms. The quantitative estimate of drug-likeness (QED) is 0.529. The van der Waals surface area contributed by atoms with Gasteiger partial charge >= 0.3 is 6.03 Å². The second kappa shape index (κ2) is 7.69. The van der Waals surface area contributed by atoms with Crippen molar-refractivity contribution in [3.05, 3.63) is 64.3 Å². The maximum absolute atomic E-state index is 12.6. The van der Waals surface area contributed by atoms with E-state index in [1.165, 1.54) is 29.3 Å². The highest BCUT2D eigenvalue weighted by Gasteiger charge is 2.38. The van der Waals surface area contributed by atoms with Crippen LogP contribution in [0.4, 0.5) is 10.5 Å². The van der Waals surface area contributed by atoms with Crippen molar-refractivity contribution < 1.29 is 4.79 Å². The summed E-state index contributed by atoms with van der Waals surface area (Å²) in [6.45, 7) is 0.578. The van der Waals surface area contributed by atoms with E-state index in [-0.39, 0.29) is 11.4 Å². The maximum Gasteiger partial charge on any atom is 0.319 e. The van der Waals surface area contributed by atoms with Gasteiger partial charge < -0.3 is 15.2 Å². The SMILES string of the molecule is Cn1cc(C2(CNC(=O)Nc3c(Cl)cccc3Cl)CCCC2)c2ccccc21. The van der Waals surface area contributed by atoms with E-state index < -0.39 is 0 Å². The minimum atomic E-state index is -0.290. The van der Waals surface area contributed by atoms with E-state index >= 15 is 0 Å². The number of aryl methyl sites for hydroxylation is 1. The Balaban J connectivity index is 1.56. The van der Waals surface area contributed by atoms with Gasteiger partial charge in [0.05, 0.1) is 15.7 Å². The van der Waals surface area contributed by atoms with Crippen molar-refractivity contribution >= 4 is 45.8 Å². The summed E-state index contributed by atoms with van der Waals surface area (Å²) in [6.07, 6.45) is 6.69. The van der Waals surface area contributed by atoms with Crippen LogP contribution in [0.25, 0.3) is 10.9 Å². The smallest absolute Gasteiger partial charge is 0.319 e. The summed E-state index contributed by atoms with van der Waals surface area (Å²) in [6, 6.07) is 13.3. The molecule has 2 amide bonds. The minimum absolute atomic E-state index is 0.0531. The zero-order valence-electron chi connectivity index (χ0n) is 15.8. The zero-order valence-corrected chi connectivity index (χ0v) is 17.3. The molecule has 1 saturated carbocycles. The lowest BCUT2D eigenvalue weighted by Crippen LogP contribution is -2.41. The average molecular weight is 416 g/mol. The Morgan fingerprint density at radius 2 is 1.75 bits per heavy atom. The lowest BCUT2D eigenvalue weighted by atomic mass is 9.78. The number of urea groups is 1. The summed E-state index contributed by atoms with van der Waals surface area (Å²) in [7, 11) is 2.08. The van der Waals surface area contributed by atoms with E-state index in [1.54, 1.807) is 18.2 Å². The maximum atomic E-state index is 12.6. The average Bonchev–Trinajstić information content (AvgIpc) is 3.29. The number of hydrogen-bond acceptors (Lipinski definition) is 1. The molecule has 3 aromatic rings. The van der Waals surface area contributed by atoms with Crippen LogP contribution < -0.4 is 10.6 Å². The van der Waals surface area contributed by atoms with E-state index in [0.717, 1.165) is 12.8 Å². The summed E-state index contributed by atoms with van der Waals surface area (Å²) < 4.78 is 2.17. The molecule has 1 aliphatic carbocycles. The van der Waals surface area contributed by atoms with Crippen LogP contribution in [-0.2, 0) is 12.5 Å². The summed E-state index contributed by atoms with van der Waals surface area (Å²) in [4.78, 5) is 12.6. The van der Waals surface area contributed by atoms with Crippen LogP contribution in [0.5, 0.6) is 0 Å². The molecule has 1 aromatic heterocycles. The number of anilines is 1. The number of rotatable bonds is 4. The van der Waals surface area contributed by atoms with Gasteiger partial charge in [-0.25, -0.2) is 4.79 Å². The van der Waals surface area contributed by atoms with E-state index in [4.69, 9.17) is 23.2 Å². The Bertz CT molecular complexity index is 1000. The van der Waals surface area contributed by atoms with Crippen LogP contribution in [0.2, 0.25) is 10.0 Å². The van der Waals surface area contributed by atoms with Crippen molar-refractivity contribution in [1.82, 2.24) is 9.88 Å². The molecule has 4 rings (SSSR count). The Hall–Kier alpha value is -2.17. The molecule has 1 fully saturated rings. The lowest BCUT2D eigenvalue weighted by molar-refractivity contribution is 0.248. The highest BCUT2D eigenvalue weighted by atomic mass is 35.5. The third kappa shape index (κ3) is 3.47. The molecule has 0 saturated heterocycles. The summed E-state index contributed by atoms with van der Waals surface area (Å²) in [5, 5.41) is 7.97. The molecular formula is C22H23Cl2N3O. The van der Waals surface area contributed by atoms with Crippen LogP contribution >= 0.6 is 23.2 Å². The molecular weight excluding hydrogens is 393 g/mol.